The first-order valence-electron chi connectivity index (χ1n) is 4.31. The topological polar surface area (TPSA) is 30.7 Å². The van der Waals surface area contributed by atoms with E-state index < -0.39 is 0 Å². The number of nitrogens with zero attached hydrogens (tertiary/aromatic N) is 3. The van der Waals surface area contributed by atoms with Crippen molar-refractivity contribution in [3.8, 4) is 0 Å². The highest BCUT2D eigenvalue weighted by atomic mass is 35.5. The Balaban J connectivity index is 0.000000980. The Morgan fingerprint density at radius 1 is 1.14 bits per heavy atom. The van der Waals surface area contributed by atoms with Gasteiger partial charge in [0.25, 0.3) is 0 Å². The van der Waals surface area contributed by atoms with Crippen molar-refractivity contribution in [3.05, 3.63) is 48.5 Å². The van der Waals surface area contributed by atoms with Crippen LogP contribution in [0.3, 0.4) is 0 Å². The molecule has 1 heterocycles. The second kappa shape index (κ2) is 5.40. The predicted molar refractivity (Wildman–Crippen MR) is 57.4 cm³/mol. The Kier molecular flexibility index (Phi) is 4.13. The summed E-state index contributed by atoms with van der Waals surface area (Å²) in [5.74, 6) is 0. The molecule has 2 aromatic rings. The fraction of sp³-hybridized carbons (Fsp3) is 0.200. The van der Waals surface area contributed by atoms with Gasteiger partial charge in [0.1, 0.15) is 12.7 Å². The average Bonchev–Trinajstić information content (AvgIpc) is 2.69. The fourth-order valence-corrected chi connectivity index (χ4v) is 1.24. The molecule has 3 nitrogen and oxygen atoms in total. The van der Waals surface area contributed by atoms with Crippen molar-refractivity contribution in [2.24, 2.45) is 0 Å². The van der Waals surface area contributed by atoms with Gasteiger partial charge in [-0.1, -0.05) is 30.3 Å². The van der Waals surface area contributed by atoms with Crippen LogP contribution in [0.1, 0.15) is 5.56 Å². The minimum absolute atomic E-state index is 0. The maximum Gasteiger partial charge on any atom is 0.137 e. The summed E-state index contributed by atoms with van der Waals surface area (Å²) in [7, 11) is 0. The van der Waals surface area contributed by atoms with E-state index in [-0.39, 0.29) is 12.4 Å². The number of aryl methyl sites for hydroxylation is 2. The van der Waals surface area contributed by atoms with Crippen LogP contribution in [0.5, 0.6) is 0 Å². The zero-order chi connectivity index (χ0) is 8.93. The lowest BCUT2D eigenvalue weighted by Gasteiger charge is -2.00. The molecule has 4 heteroatoms. The Morgan fingerprint density at radius 2 is 1.93 bits per heavy atom. The van der Waals surface area contributed by atoms with Crippen LogP contribution in [-0.4, -0.2) is 14.8 Å². The van der Waals surface area contributed by atoms with Gasteiger partial charge in [-0.3, -0.25) is 4.68 Å². The zero-order valence-electron chi connectivity index (χ0n) is 7.71. The third-order valence-corrected chi connectivity index (χ3v) is 1.94. The van der Waals surface area contributed by atoms with Crippen LogP contribution in [0, 0.1) is 0 Å². The second-order valence-corrected chi connectivity index (χ2v) is 2.89. The number of rotatable bonds is 3. The summed E-state index contributed by atoms with van der Waals surface area (Å²) in [4.78, 5) is 3.89. The molecule has 0 saturated heterocycles. The zero-order valence-corrected chi connectivity index (χ0v) is 8.52. The van der Waals surface area contributed by atoms with E-state index in [9.17, 15) is 0 Å². The second-order valence-electron chi connectivity index (χ2n) is 2.89. The number of hydrogen-bond donors (Lipinski definition) is 0. The van der Waals surface area contributed by atoms with Crippen molar-refractivity contribution in [1.82, 2.24) is 14.8 Å². The highest BCUT2D eigenvalue weighted by molar-refractivity contribution is 5.85. The largest absolute Gasteiger partial charge is 0.253 e. The van der Waals surface area contributed by atoms with Gasteiger partial charge in [-0.2, -0.15) is 5.10 Å². The minimum Gasteiger partial charge on any atom is -0.253 e. The van der Waals surface area contributed by atoms with E-state index in [1.165, 1.54) is 5.56 Å². The van der Waals surface area contributed by atoms with E-state index in [4.69, 9.17) is 0 Å². The van der Waals surface area contributed by atoms with Crippen LogP contribution in [0.2, 0.25) is 0 Å². The molecule has 14 heavy (non-hydrogen) atoms. The standard InChI is InChI=1S/C10H11N3.ClH/c1-2-4-10(5-3-1)6-7-13-9-11-8-12-13;/h1-5,8-9H,6-7H2;1H. The molecule has 0 N–H and O–H groups in total. The summed E-state index contributed by atoms with van der Waals surface area (Å²) >= 11 is 0. The van der Waals surface area contributed by atoms with Crippen LogP contribution in [0.4, 0.5) is 0 Å². The van der Waals surface area contributed by atoms with E-state index in [1.807, 2.05) is 10.7 Å². The van der Waals surface area contributed by atoms with Crippen LogP contribution in [-0.2, 0) is 13.0 Å². The Hall–Kier alpha value is -1.35. The summed E-state index contributed by atoms with van der Waals surface area (Å²) in [6, 6.07) is 10.4. The molecule has 0 aliphatic rings. The SMILES string of the molecule is Cl.c1ccc(CCn2cncn2)cc1. The van der Waals surface area contributed by atoms with Gasteiger partial charge >= 0.3 is 0 Å². The van der Waals surface area contributed by atoms with Gasteiger partial charge in [-0.25, -0.2) is 4.98 Å². The lowest BCUT2D eigenvalue weighted by molar-refractivity contribution is 0.613. The van der Waals surface area contributed by atoms with E-state index in [0.717, 1.165) is 13.0 Å². The molecular weight excluding hydrogens is 198 g/mol. The van der Waals surface area contributed by atoms with Gasteiger partial charge in [0.05, 0.1) is 0 Å². The molecule has 2 rings (SSSR count). The number of benzene rings is 1. The number of halogens is 1. The quantitative estimate of drug-likeness (QED) is 0.774. The molecule has 0 spiro atoms. The van der Waals surface area contributed by atoms with E-state index >= 15 is 0 Å². The summed E-state index contributed by atoms with van der Waals surface area (Å²) < 4.78 is 1.84. The molecule has 1 aromatic carbocycles. The van der Waals surface area contributed by atoms with Crippen molar-refractivity contribution in [1.29, 1.82) is 0 Å². The van der Waals surface area contributed by atoms with Crippen molar-refractivity contribution in [2.45, 2.75) is 13.0 Å². The molecule has 74 valence electrons. The molecule has 0 fully saturated rings. The normalized spacial score (nSPS) is 9.43. The molecule has 0 amide bonds. The molecule has 0 unspecified atom stereocenters. The van der Waals surface area contributed by atoms with Crippen LogP contribution >= 0.6 is 12.4 Å². The molecular formula is C10H12ClN3. The molecule has 1 aromatic heterocycles. The Morgan fingerprint density at radius 3 is 2.57 bits per heavy atom. The van der Waals surface area contributed by atoms with Crippen LogP contribution in [0.25, 0.3) is 0 Å². The molecule has 0 aliphatic carbocycles. The monoisotopic (exact) mass is 209 g/mol. The van der Waals surface area contributed by atoms with Crippen LogP contribution in [0.15, 0.2) is 43.0 Å². The highest BCUT2D eigenvalue weighted by Gasteiger charge is 1.93. The molecule has 0 radical (unpaired) electrons. The summed E-state index contributed by atoms with van der Waals surface area (Å²) in [5, 5.41) is 4.04. The molecule has 0 bridgehead atoms. The van der Waals surface area contributed by atoms with Crippen molar-refractivity contribution < 1.29 is 0 Å². The minimum atomic E-state index is 0. The van der Waals surface area contributed by atoms with Gasteiger partial charge in [-0.15, -0.1) is 12.4 Å². The van der Waals surface area contributed by atoms with Gasteiger partial charge < -0.3 is 0 Å². The first kappa shape index (κ1) is 10.7. The summed E-state index contributed by atoms with van der Waals surface area (Å²) in [6.45, 7) is 0.893. The fourth-order valence-electron chi connectivity index (χ4n) is 1.24. The summed E-state index contributed by atoms with van der Waals surface area (Å²) in [5.41, 5.74) is 1.33. The van der Waals surface area contributed by atoms with Gasteiger partial charge in [0.15, 0.2) is 0 Å². The average molecular weight is 210 g/mol. The first-order chi connectivity index (χ1) is 6.45. The van der Waals surface area contributed by atoms with E-state index in [2.05, 4.69) is 34.3 Å². The van der Waals surface area contributed by atoms with Gasteiger partial charge in [0.2, 0.25) is 0 Å². The predicted octanol–water partition coefficient (Wildman–Crippen LogP) is 1.94. The van der Waals surface area contributed by atoms with Gasteiger partial charge in [-0.05, 0) is 12.0 Å². The Labute approximate surface area is 89.2 Å². The maximum absolute atomic E-state index is 4.04. The lowest BCUT2D eigenvalue weighted by Crippen LogP contribution is -2.01. The summed E-state index contributed by atoms with van der Waals surface area (Å²) in [6.07, 6.45) is 4.30. The van der Waals surface area contributed by atoms with E-state index in [1.54, 1.807) is 12.7 Å². The molecule has 0 atom stereocenters. The van der Waals surface area contributed by atoms with Crippen molar-refractivity contribution in [3.63, 3.8) is 0 Å². The van der Waals surface area contributed by atoms with Crippen LogP contribution < -0.4 is 0 Å². The third-order valence-electron chi connectivity index (χ3n) is 1.94. The van der Waals surface area contributed by atoms with E-state index in [0.29, 0.717) is 0 Å². The number of hydrogen-bond acceptors (Lipinski definition) is 2. The maximum atomic E-state index is 4.04. The van der Waals surface area contributed by atoms with Crippen molar-refractivity contribution >= 4 is 12.4 Å². The van der Waals surface area contributed by atoms with Crippen molar-refractivity contribution in [2.75, 3.05) is 0 Å². The highest BCUT2D eigenvalue weighted by Crippen LogP contribution is 2.00. The third kappa shape index (κ3) is 2.85. The molecule has 0 saturated carbocycles. The lowest BCUT2D eigenvalue weighted by atomic mass is 10.2. The molecule has 0 aliphatic heterocycles. The first-order valence-corrected chi connectivity index (χ1v) is 4.31. The van der Waals surface area contributed by atoms with Gasteiger partial charge in [0, 0.05) is 6.54 Å². The smallest absolute Gasteiger partial charge is 0.137 e. The number of aromatic nitrogens is 3. The Bertz CT molecular complexity index is 345.